The van der Waals surface area contributed by atoms with Gasteiger partial charge in [0.25, 0.3) is 5.91 Å². The summed E-state index contributed by atoms with van der Waals surface area (Å²) in [5.41, 5.74) is 1.86. The van der Waals surface area contributed by atoms with E-state index in [0.717, 1.165) is 12.1 Å². The van der Waals surface area contributed by atoms with E-state index in [1.165, 1.54) is 0 Å². The molecule has 1 fully saturated rings. The Morgan fingerprint density at radius 1 is 1.11 bits per heavy atom. The summed E-state index contributed by atoms with van der Waals surface area (Å²) in [5, 5.41) is 6.22. The fourth-order valence-electron chi connectivity index (χ4n) is 3.04. The molecular weight excluding hydrogens is 378 g/mol. The van der Waals surface area contributed by atoms with Crippen LogP contribution in [0.3, 0.4) is 0 Å². The van der Waals surface area contributed by atoms with Crippen LogP contribution in [-0.4, -0.2) is 30.8 Å². The van der Waals surface area contributed by atoms with Crippen molar-refractivity contribution in [3.8, 4) is 0 Å². The molecule has 1 saturated heterocycles. The number of hydrogen-bond acceptors (Lipinski definition) is 3. The van der Waals surface area contributed by atoms with Crippen molar-refractivity contribution in [2.75, 3.05) is 23.3 Å². The van der Waals surface area contributed by atoms with E-state index < -0.39 is 5.92 Å². The van der Waals surface area contributed by atoms with Gasteiger partial charge in [0.15, 0.2) is 0 Å². The van der Waals surface area contributed by atoms with Gasteiger partial charge in [-0.2, -0.15) is 0 Å². The summed E-state index contributed by atoms with van der Waals surface area (Å²) in [4.78, 5) is 38.4. The Morgan fingerprint density at radius 3 is 2.43 bits per heavy atom. The van der Waals surface area contributed by atoms with E-state index in [1.54, 1.807) is 53.4 Å². The predicted molar refractivity (Wildman–Crippen MR) is 110 cm³/mol. The SMILES string of the molecule is CCCNC(=O)c1ccc(NC(=O)C2CC(=O)N(c3ccc(Cl)cc3)C2)cc1. The molecule has 2 aromatic rings. The summed E-state index contributed by atoms with van der Waals surface area (Å²) in [7, 11) is 0. The van der Waals surface area contributed by atoms with Crippen LogP contribution in [-0.2, 0) is 9.59 Å². The van der Waals surface area contributed by atoms with Gasteiger partial charge in [0.1, 0.15) is 0 Å². The van der Waals surface area contributed by atoms with Gasteiger partial charge in [-0.1, -0.05) is 18.5 Å². The lowest BCUT2D eigenvalue weighted by atomic mass is 10.1. The molecule has 6 nitrogen and oxygen atoms in total. The highest BCUT2D eigenvalue weighted by atomic mass is 35.5. The second-order valence-corrected chi connectivity index (χ2v) is 7.14. The molecule has 0 saturated carbocycles. The quantitative estimate of drug-likeness (QED) is 0.780. The first-order valence-electron chi connectivity index (χ1n) is 9.23. The van der Waals surface area contributed by atoms with E-state index in [2.05, 4.69) is 10.6 Å². The number of anilines is 2. The number of halogens is 1. The summed E-state index contributed by atoms with van der Waals surface area (Å²) >= 11 is 5.89. The van der Waals surface area contributed by atoms with Crippen LogP contribution in [0.25, 0.3) is 0 Å². The third kappa shape index (κ3) is 4.70. The molecule has 2 aromatic carbocycles. The first-order valence-corrected chi connectivity index (χ1v) is 9.60. The van der Waals surface area contributed by atoms with Crippen molar-refractivity contribution in [3.63, 3.8) is 0 Å². The molecule has 1 aliphatic heterocycles. The maximum atomic E-state index is 12.6. The van der Waals surface area contributed by atoms with Crippen LogP contribution >= 0.6 is 11.6 Å². The van der Waals surface area contributed by atoms with Gasteiger partial charge in [-0.25, -0.2) is 0 Å². The predicted octanol–water partition coefficient (Wildman–Crippen LogP) is 3.47. The summed E-state index contributed by atoms with van der Waals surface area (Å²) in [6.45, 7) is 2.93. The molecule has 0 spiro atoms. The van der Waals surface area contributed by atoms with Crippen LogP contribution in [0.1, 0.15) is 30.1 Å². The molecule has 1 unspecified atom stereocenters. The monoisotopic (exact) mass is 399 g/mol. The van der Waals surface area contributed by atoms with Gasteiger partial charge in [-0.15, -0.1) is 0 Å². The van der Waals surface area contributed by atoms with E-state index >= 15 is 0 Å². The molecule has 2 N–H and O–H groups in total. The van der Waals surface area contributed by atoms with Gasteiger partial charge < -0.3 is 15.5 Å². The van der Waals surface area contributed by atoms with Crippen molar-refractivity contribution in [2.24, 2.45) is 5.92 Å². The zero-order valence-electron chi connectivity index (χ0n) is 15.6. The minimum atomic E-state index is -0.435. The molecule has 0 radical (unpaired) electrons. The average molecular weight is 400 g/mol. The van der Waals surface area contributed by atoms with Crippen molar-refractivity contribution >= 4 is 40.7 Å². The van der Waals surface area contributed by atoms with Gasteiger partial charge >= 0.3 is 0 Å². The lowest BCUT2D eigenvalue weighted by Gasteiger charge is -2.16. The molecule has 146 valence electrons. The normalized spacial score (nSPS) is 16.1. The van der Waals surface area contributed by atoms with E-state index in [-0.39, 0.29) is 24.1 Å². The second-order valence-electron chi connectivity index (χ2n) is 6.70. The number of rotatable bonds is 6. The molecule has 28 heavy (non-hydrogen) atoms. The van der Waals surface area contributed by atoms with Crippen molar-refractivity contribution in [2.45, 2.75) is 19.8 Å². The van der Waals surface area contributed by atoms with Crippen molar-refractivity contribution in [3.05, 3.63) is 59.1 Å². The Morgan fingerprint density at radius 2 is 1.79 bits per heavy atom. The third-order valence-electron chi connectivity index (χ3n) is 4.58. The molecule has 1 heterocycles. The standard InChI is InChI=1S/C21H22ClN3O3/c1-2-11-23-20(27)14-3-7-17(8-4-14)24-21(28)15-12-19(26)25(13-15)18-9-5-16(22)6-10-18/h3-10,15H,2,11-13H2,1H3,(H,23,27)(H,24,28). The van der Waals surface area contributed by atoms with E-state index in [1.807, 2.05) is 6.92 Å². The molecule has 0 aliphatic carbocycles. The summed E-state index contributed by atoms with van der Waals surface area (Å²) in [6.07, 6.45) is 1.03. The minimum absolute atomic E-state index is 0.0922. The lowest BCUT2D eigenvalue weighted by molar-refractivity contribution is -0.122. The summed E-state index contributed by atoms with van der Waals surface area (Å²) < 4.78 is 0. The Kier molecular flexibility index (Phi) is 6.31. The lowest BCUT2D eigenvalue weighted by Crippen LogP contribution is -2.28. The number of hydrogen-bond donors (Lipinski definition) is 2. The zero-order valence-corrected chi connectivity index (χ0v) is 16.3. The first-order chi connectivity index (χ1) is 13.5. The van der Waals surface area contributed by atoms with Crippen LogP contribution < -0.4 is 15.5 Å². The van der Waals surface area contributed by atoms with Crippen LogP contribution in [0.4, 0.5) is 11.4 Å². The maximum absolute atomic E-state index is 12.6. The Balaban J connectivity index is 1.60. The van der Waals surface area contributed by atoms with Crippen LogP contribution in [0.15, 0.2) is 48.5 Å². The number of carbonyl (C=O) groups is 3. The Hall–Kier alpha value is -2.86. The highest BCUT2D eigenvalue weighted by Gasteiger charge is 2.35. The summed E-state index contributed by atoms with van der Waals surface area (Å²) in [6, 6.07) is 13.7. The number of nitrogens with zero attached hydrogens (tertiary/aromatic N) is 1. The van der Waals surface area contributed by atoms with Crippen LogP contribution in [0.2, 0.25) is 5.02 Å². The highest BCUT2D eigenvalue weighted by Crippen LogP contribution is 2.27. The minimum Gasteiger partial charge on any atom is -0.352 e. The van der Waals surface area contributed by atoms with Gasteiger partial charge in [0, 0.05) is 41.5 Å². The molecule has 0 bridgehead atoms. The number of carbonyl (C=O) groups excluding carboxylic acids is 3. The molecular formula is C21H22ClN3O3. The highest BCUT2D eigenvalue weighted by molar-refractivity contribution is 6.30. The third-order valence-corrected chi connectivity index (χ3v) is 4.84. The zero-order chi connectivity index (χ0) is 20.1. The van der Waals surface area contributed by atoms with E-state index in [4.69, 9.17) is 11.6 Å². The number of nitrogens with one attached hydrogen (secondary N) is 2. The fourth-order valence-corrected chi connectivity index (χ4v) is 3.17. The van der Waals surface area contributed by atoms with E-state index in [9.17, 15) is 14.4 Å². The van der Waals surface area contributed by atoms with Gasteiger partial charge in [0.05, 0.1) is 5.92 Å². The Bertz CT molecular complexity index is 865. The van der Waals surface area contributed by atoms with Gasteiger partial charge in [-0.05, 0) is 55.0 Å². The molecule has 3 amide bonds. The average Bonchev–Trinajstić information content (AvgIpc) is 3.09. The first kappa shape index (κ1) is 19.9. The molecule has 3 rings (SSSR count). The Labute approximate surface area is 168 Å². The number of amides is 3. The largest absolute Gasteiger partial charge is 0.352 e. The van der Waals surface area contributed by atoms with Crippen LogP contribution in [0.5, 0.6) is 0 Å². The van der Waals surface area contributed by atoms with E-state index in [0.29, 0.717) is 29.4 Å². The van der Waals surface area contributed by atoms with Gasteiger partial charge in [0.2, 0.25) is 11.8 Å². The molecule has 1 aliphatic rings. The van der Waals surface area contributed by atoms with Crippen molar-refractivity contribution in [1.82, 2.24) is 5.32 Å². The fraction of sp³-hybridized carbons (Fsp3) is 0.286. The molecule has 7 heteroatoms. The maximum Gasteiger partial charge on any atom is 0.251 e. The topological polar surface area (TPSA) is 78.5 Å². The van der Waals surface area contributed by atoms with Gasteiger partial charge in [-0.3, -0.25) is 14.4 Å². The second kappa shape index (κ2) is 8.89. The smallest absolute Gasteiger partial charge is 0.251 e. The van der Waals surface area contributed by atoms with Crippen molar-refractivity contribution < 1.29 is 14.4 Å². The molecule has 1 atom stereocenters. The van der Waals surface area contributed by atoms with Crippen LogP contribution in [0, 0.1) is 5.92 Å². The summed E-state index contributed by atoms with van der Waals surface area (Å²) in [5.74, 6) is -0.881. The molecule has 0 aromatic heterocycles. The number of benzene rings is 2. The van der Waals surface area contributed by atoms with Crippen molar-refractivity contribution in [1.29, 1.82) is 0 Å².